The number of ether oxygens (including phenoxy) is 1. The van der Waals surface area contributed by atoms with Crippen molar-refractivity contribution in [1.82, 2.24) is 25.2 Å². The molecule has 7 heteroatoms. The number of hydrogen-bond acceptors (Lipinski definition) is 7. The van der Waals surface area contributed by atoms with Gasteiger partial charge in [-0.05, 0) is 69.6 Å². The highest BCUT2D eigenvalue weighted by atomic mass is 32.2. The van der Waals surface area contributed by atoms with Crippen molar-refractivity contribution in [3.05, 3.63) is 34.9 Å². The fourth-order valence-electron chi connectivity index (χ4n) is 6.58. The van der Waals surface area contributed by atoms with Crippen LogP contribution in [0, 0.1) is 19.8 Å². The number of nitrogens with zero attached hydrogens (tertiary/aromatic N) is 2. The van der Waals surface area contributed by atoms with Gasteiger partial charge in [-0.25, -0.2) is 4.72 Å². The average molecular weight is 488 g/mol. The summed E-state index contributed by atoms with van der Waals surface area (Å²) in [5.74, 6) is 0.808. The molecule has 190 valence electrons. The molecule has 7 atom stereocenters. The predicted octanol–water partition coefficient (Wildman–Crippen LogP) is 3.76. The summed E-state index contributed by atoms with van der Waals surface area (Å²) in [6.07, 6.45) is 6.62. The number of fused-ring (bicyclic) bond motifs is 6. The molecule has 3 aliphatic heterocycles. The maximum atomic E-state index is 6.93. The lowest BCUT2D eigenvalue weighted by Gasteiger charge is -2.41. The van der Waals surface area contributed by atoms with Gasteiger partial charge in [0.15, 0.2) is 0 Å². The highest BCUT2D eigenvalue weighted by molar-refractivity contribution is 7.98. The predicted molar refractivity (Wildman–Crippen MR) is 142 cm³/mol. The van der Waals surface area contributed by atoms with E-state index in [0.29, 0.717) is 11.3 Å². The van der Waals surface area contributed by atoms with Gasteiger partial charge in [-0.1, -0.05) is 36.6 Å². The van der Waals surface area contributed by atoms with E-state index in [1.807, 2.05) is 11.9 Å². The quantitative estimate of drug-likeness (QED) is 0.549. The van der Waals surface area contributed by atoms with Gasteiger partial charge in [-0.2, -0.15) is 0 Å². The summed E-state index contributed by atoms with van der Waals surface area (Å²) in [6.45, 7) is 14.8. The molecule has 6 bridgehead atoms. The highest BCUT2D eigenvalue weighted by Crippen LogP contribution is 2.34. The largest absolute Gasteiger partial charge is 0.357 e. The van der Waals surface area contributed by atoms with Crippen LogP contribution in [0.25, 0.3) is 0 Å². The minimum absolute atomic E-state index is 0.0300. The summed E-state index contributed by atoms with van der Waals surface area (Å²) < 4.78 is 10.7. The first-order valence-corrected chi connectivity index (χ1v) is 14.4. The summed E-state index contributed by atoms with van der Waals surface area (Å²) in [7, 11) is 0. The van der Waals surface area contributed by atoms with E-state index in [-0.39, 0.29) is 24.7 Å². The Labute approximate surface area is 211 Å². The van der Waals surface area contributed by atoms with Gasteiger partial charge in [-0.15, -0.1) is 0 Å². The van der Waals surface area contributed by atoms with Gasteiger partial charge in [0, 0.05) is 56.5 Å². The number of aryl methyl sites for hydroxylation is 2. The van der Waals surface area contributed by atoms with Crippen molar-refractivity contribution in [1.29, 1.82) is 0 Å². The van der Waals surface area contributed by atoms with Crippen LogP contribution >= 0.6 is 11.9 Å². The third-order valence-corrected chi connectivity index (χ3v) is 9.49. The molecule has 0 aromatic heterocycles. The van der Waals surface area contributed by atoms with Gasteiger partial charge in [-0.3, -0.25) is 20.4 Å². The highest BCUT2D eigenvalue weighted by Gasteiger charge is 2.36. The molecule has 6 unspecified atom stereocenters. The first-order valence-electron chi connectivity index (χ1n) is 13.6. The molecule has 1 aromatic rings. The van der Waals surface area contributed by atoms with Crippen LogP contribution in [-0.4, -0.2) is 72.4 Å². The van der Waals surface area contributed by atoms with Crippen molar-refractivity contribution in [2.75, 3.05) is 32.7 Å². The molecule has 5 rings (SSSR count). The lowest BCUT2D eigenvalue weighted by atomic mass is 9.88. The SMILES string of the molecule is Cc1cccc(C)c1C1CC2NC(NSC3CCCC(C3)CN3CCN(C(C)C)C[C@@H](C3)O2)N1. The Balaban J connectivity index is 1.41. The Kier molecular flexibility index (Phi) is 8.20. The molecule has 3 heterocycles. The van der Waals surface area contributed by atoms with E-state index in [9.17, 15) is 0 Å². The fourth-order valence-corrected chi connectivity index (χ4v) is 7.70. The molecule has 1 aromatic carbocycles. The molecule has 0 radical (unpaired) electrons. The van der Waals surface area contributed by atoms with Gasteiger partial charge in [0.05, 0.1) is 6.10 Å². The van der Waals surface area contributed by atoms with Gasteiger partial charge in [0.2, 0.25) is 0 Å². The first kappa shape index (κ1) is 25.0. The molecule has 34 heavy (non-hydrogen) atoms. The van der Waals surface area contributed by atoms with Crippen molar-refractivity contribution in [2.24, 2.45) is 5.92 Å². The Morgan fingerprint density at radius 2 is 1.82 bits per heavy atom. The normalized spacial score (nSPS) is 37.9. The number of benzene rings is 1. The Bertz CT molecular complexity index is 802. The molecule has 3 N–H and O–H groups in total. The van der Waals surface area contributed by atoms with Gasteiger partial charge >= 0.3 is 0 Å². The van der Waals surface area contributed by atoms with E-state index < -0.39 is 0 Å². The third-order valence-electron chi connectivity index (χ3n) is 8.35. The molecule has 3 saturated heterocycles. The van der Waals surface area contributed by atoms with Crippen molar-refractivity contribution in [2.45, 2.75) is 95.8 Å². The molecular formula is C27H45N5OS. The Morgan fingerprint density at radius 1 is 1.00 bits per heavy atom. The second-order valence-electron chi connectivity index (χ2n) is 11.3. The molecule has 0 spiro atoms. The Hall–Kier alpha value is -0.670. The molecule has 1 aliphatic carbocycles. The number of nitrogens with one attached hydrogen (secondary N) is 3. The summed E-state index contributed by atoms with van der Waals surface area (Å²) in [6, 6.07) is 7.49. The molecule has 4 fully saturated rings. The zero-order chi connectivity index (χ0) is 23.7. The van der Waals surface area contributed by atoms with Crippen LogP contribution in [0.15, 0.2) is 18.2 Å². The van der Waals surface area contributed by atoms with Crippen LogP contribution in [0.2, 0.25) is 0 Å². The monoisotopic (exact) mass is 487 g/mol. The second kappa shape index (κ2) is 11.2. The lowest BCUT2D eigenvalue weighted by Crippen LogP contribution is -2.62. The van der Waals surface area contributed by atoms with E-state index in [1.54, 1.807) is 0 Å². The van der Waals surface area contributed by atoms with E-state index in [0.717, 1.165) is 38.5 Å². The number of rotatable bonds is 2. The maximum absolute atomic E-state index is 6.93. The van der Waals surface area contributed by atoms with Crippen molar-refractivity contribution >= 4 is 11.9 Å². The van der Waals surface area contributed by atoms with Crippen LogP contribution in [0.5, 0.6) is 0 Å². The third kappa shape index (κ3) is 6.00. The average Bonchev–Trinajstić information content (AvgIpc) is 2.99. The fraction of sp³-hybridized carbons (Fsp3) is 0.778. The summed E-state index contributed by atoms with van der Waals surface area (Å²) in [5, 5.41) is 8.34. The smallest absolute Gasteiger partial charge is 0.123 e. The molecule has 4 aliphatic rings. The van der Waals surface area contributed by atoms with E-state index in [4.69, 9.17) is 4.74 Å². The van der Waals surface area contributed by atoms with Crippen LogP contribution in [0.1, 0.15) is 68.7 Å². The summed E-state index contributed by atoms with van der Waals surface area (Å²) >= 11 is 1.95. The van der Waals surface area contributed by atoms with Gasteiger partial charge < -0.3 is 4.74 Å². The minimum Gasteiger partial charge on any atom is -0.357 e. The van der Waals surface area contributed by atoms with Crippen LogP contribution < -0.4 is 15.4 Å². The first-order chi connectivity index (χ1) is 16.4. The van der Waals surface area contributed by atoms with Crippen molar-refractivity contribution in [3.8, 4) is 0 Å². The summed E-state index contributed by atoms with van der Waals surface area (Å²) in [4.78, 5) is 5.34. The van der Waals surface area contributed by atoms with E-state index >= 15 is 0 Å². The van der Waals surface area contributed by atoms with Crippen molar-refractivity contribution in [3.63, 3.8) is 0 Å². The van der Waals surface area contributed by atoms with Crippen LogP contribution in [0.3, 0.4) is 0 Å². The van der Waals surface area contributed by atoms with Gasteiger partial charge in [0.25, 0.3) is 0 Å². The topological polar surface area (TPSA) is 51.8 Å². The molecule has 1 saturated carbocycles. The maximum Gasteiger partial charge on any atom is 0.123 e. The number of hydrogen-bond donors (Lipinski definition) is 3. The lowest BCUT2D eigenvalue weighted by molar-refractivity contribution is -0.0772. The van der Waals surface area contributed by atoms with Crippen LogP contribution in [0.4, 0.5) is 0 Å². The second-order valence-corrected chi connectivity index (χ2v) is 12.5. The molecule has 0 amide bonds. The van der Waals surface area contributed by atoms with Gasteiger partial charge in [0.1, 0.15) is 12.5 Å². The zero-order valence-electron chi connectivity index (χ0n) is 21.6. The Morgan fingerprint density at radius 3 is 2.62 bits per heavy atom. The summed E-state index contributed by atoms with van der Waals surface area (Å²) in [5.41, 5.74) is 4.16. The zero-order valence-corrected chi connectivity index (χ0v) is 22.4. The molecular weight excluding hydrogens is 442 g/mol. The van der Waals surface area contributed by atoms with E-state index in [2.05, 4.69) is 71.0 Å². The standard InChI is InChI=1S/C27H45N5OS/c1-18(2)32-12-11-31-15-21-9-6-10-23(13-21)34-30-27-28-24(26-19(3)7-5-8-20(26)4)14-25(29-27)33-22(16-31)17-32/h5,7-8,18,21-25,27-30H,6,9-17H2,1-4H3/t21?,22-,23?,24?,25?,27?/m1/s1. The minimum atomic E-state index is 0.0300. The van der Waals surface area contributed by atoms with Crippen LogP contribution in [-0.2, 0) is 4.74 Å². The molecule has 6 nitrogen and oxygen atoms in total. The van der Waals surface area contributed by atoms with E-state index in [1.165, 1.54) is 48.9 Å². The van der Waals surface area contributed by atoms with Crippen molar-refractivity contribution < 1.29 is 4.74 Å².